The summed E-state index contributed by atoms with van der Waals surface area (Å²) in [4.78, 5) is 4.61. The van der Waals surface area contributed by atoms with Crippen molar-refractivity contribution >= 4 is 11.8 Å². The van der Waals surface area contributed by atoms with Crippen LogP contribution >= 0.6 is 11.8 Å². The summed E-state index contributed by atoms with van der Waals surface area (Å²) in [7, 11) is 2.07. The third-order valence-corrected chi connectivity index (χ3v) is 6.34. The van der Waals surface area contributed by atoms with E-state index in [-0.39, 0.29) is 0 Å². The fraction of sp³-hybridized carbons (Fsp3) is 0.875. The summed E-state index contributed by atoms with van der Waals surface area (Å²) in [6.07, 6.45) is 11.7. The molecule has 0 aliphatic heterocycles. The highest BCUT2D eigenvalue weighted by Crippen LogP contribution is 2.31. The summed E-state index contributed by atoms with van der Waals surface area (Å²) >= 11 is 2.00. The summed E-state index contributed by atoms with van der Waals surface area (Å²) in [6.45, 7) is 0. The van der Waals surface area contributed by atoms with Crippen LogP contribution in [0.2, 0.25) is 0 Å². The predicted molar refractivity (Wildman–Crippen MR) is 86.4 cm³/mol. The number of aromatic nitrogens is 2. The van der Waals surface area contributed by atoms with Gasteiger partial charge >= 0.3 is 0 Å². The smallest absolute Gasteiger partial charge is 0.227 e. The Balaban J connectivity index is 1.49. The SMILES string of the molecule is CNC1CCCCC1Cc1nc(CSC2CCCC2)no1. The van der Waals surface area contributed by atoms with Gasteiger partial charge in [0.2, 0.25) is 5.89 Å². The third-order valence-electron chi connectivity index (χ3n) is 4.98. The van der Waals surface area contributed by atoms with Crippen LogP contribution in [0.1, 0.15) is 63.1 Å². The zero-order chi connectivity index (χ0) is 14.5. The first-order valence-electron chi connectivity index (χ1n) is 8.45. The van der Waals surface area contributed by atoms with E-state index in [9.17, 15) is 0 Å². The normalized spacial score (nSPS) is 27.3. The second-order valence-electron chi connectivity index (χ2n) is 6.47. The number of nitrogens with one attached hydrogen (secondary N) is 1. The van der Waals surface area contributed by atoms with Crippen molar-refractivity contribution in [1.82, 2.24) is 15.5 Å². The molecule has 5 heteroatoms. The molecule has 2 aliphatic carbocycles. The van der Waals surface area contributed by atoms with Crippen molar-refractivity contribution in [3.8, 4) is 0 Å². The van der Waals surface area contributed by atoms with Crippen LogP contribution in [0.4, 0.5) is 0 Å². The molecule has 2 saturated carbocycles. The minimum atomic E-state index is 0.613. The third kappa shape index (κ3) is 4.22. The number of hydrogen-bond donors (Lipinski definition) is 1. The molecule has 1 N–H and O–H groups in total. The lowest BCUT2D eigenvalue weighted by Gasteiger charge is -2.30. The lowest BCUT2D eigenvalue weighted by molar-refractivity contribution is 0.248. The lowest BCUT2D eigenvalue weighted by atomic mass is 9.82. The van der Waals surface area contributed by atoms with Crippen LogP contribution in [0.3, 0.4) is 0 Å². The van der Waals surface area contributed by atoms with E-state index in [0.29, 0.717) is 12.0 Å². The van der Waals surface area contributed by atoms with Crippen molar-refractivity contribution in [2.75, 3.05) is 7.05 Å². The number of thioether (sulfide) groups is 1. The molecule has 1 aromatic rings. The zero-order valence-electron chi connectivity index (χ0n) is 13.0. The Kier molecular flexibility index (Phi) is 5.58. The highest BCUT2D eigenvalue weighted by atomic mass is 32.2. The van der Waals surface area contributed by atoms with E-state index in [4.69, 9.17) is 4.52 Å². The Labute approximate surface area is 131 Å². The van der Waals surface area contributed by atoms with Crippen molar-refractivity contribution in [3.05, 3.63) is 11.7 Å². The first-order chi connectivity index (χ1) is 10.3. The Bertz CT molecular complexity index is 431. The molecule has 118 valence electrons. The molecule has 2 unspecified atom stereocenters. The highest BCUT2D eigenvalue weighted by Gasteiger charge is 2.26. The summed E-state index contributed by atoms with van der Waals surface area (Å²) in [5, 5.41) is 8.43. The minimum absolute atomic E-state index is 0.613. The maximum atomic E-state index is 5.47. The van der Waals surface area contributed by atoms with Crippen LogP contribution in [-0.2, 0) is 12.2 Å². The molecular formula is C16H27N3OS. The molecule has 0 saturated heterocycles. The van der Waals surface area contributed by atoms with Gasteiger partial charge in [-0.2, -0.15) is 16.7 Å². The fourth-order valence-corrected chi connectivity index (χ4v) is 4.90. The van der Waals surface area contributed by atoms with Crippen molar-refractivity contribution < 1.29 is 4.52 Å². The van der Waals surface area contributed by atoms with Gasteiger partial charge in [0.25, 0.3) is 0 Å². The molecule has 0 aromatic carbocycles. The molecular weight excluding hydrogens is 282 g/mol. The molecule has 0 bridgehead atoms. The topological polar surface area (TPSA) is 51.0 Å². The Morgan fingerprint density at radius 3 is 2.71 bits per heavy atom. The Hall–Kier alpha value is -0.550. The van der Waals surface area contributed by atoms with Gasteiger partial charge in [-0.05, 0) is 38.6 Å². The second kappa shape index (κ2) is 7.63. The van der Waals surface area contributed by atoms with E-state index in [0.717, 1.165) is 29.1 Å². The van der Waals surface area contributed by atoms with Crippen LogP contribution in [0.15, 0.2) is 4.52 Å². The van der Waals surface area contributed by atoms with Gasteiger partial charge in [0.05, 0.1) is 5.75 Å². The number of rotatable bonds is 6. The van der Waals surface area contributed by atoms with Gasteiger partial charge in [-0.15, -0.1) is 0 Å². The standard InChI is InChI=1S/C16H27N3OS/c1-17-14-9-5-2-6-12(14)10-16-18-15(19-20-16)11-21-13-7-3-4-8-13/h12-14,17H,2-11H2,1H3. The maximum absolute atomic E-state index is 5.47. The first-order valence-corrected chi connectivity index (χ1v) is 9.50. The van der Waals surface area contributed by atoms with E-state index in [1.54, 1.807) is 0 Å². The van der Waals surface area contributed by atoms with Crippen LogP contribution in [0.25, 0.3) is 0 Å². The maximum Gasteiger partial charge on any atom is 0.227 e. The lowest BCUT2D eigenvalue weighted by Crippen LogP contribution is -2.37. The van der Waals surface area contributed by atoms with Gasteiger partial charge in [-0.3, -0.25) is 0 Å². The zero-order valence-corrected chi connectivity index (χ0v) is 13.8. The van der Waals surface area contributed by atoms with Gasteiger partial charge in [0, 0.05) is 17.7 Å². The molecule has 2 atom stereocenters. The monoisotopic (exact) mass is 309 g/mol. The van der Waals surface area contributed by atoms with Gasteiger partial charge in [0.15, 0.2) is 5.82 Å². The number of nitrogens with zero attached hydrogens (tertiary/aromatic N) is 2. The van der Waals surface area contributed by atoms with Crippen molar-refractivity contribution in [1.29, 1.82) is 0 Å². The molecule has 3 rings (SSSR count). The summed E-state index contributed by atoms with van der Waals surface area (Å²) in [6, 6.07) is 0.613. The molecule has 0 spiro atoms. The van der Waals surface area contributed by atoms with E-state index >= 15 is 0 Å². The molecule has 0 radical (unpaired) electrons. The second-order valence-corrected chi connectivity index (χ2v) is 7.75. The fourth-order valence-electron chi connectivity index (χ4n) is 3.74. The van der Waals surface area contributed by atoms with Gasteiger partial charge in [-0.25, -0.2) is 0 Å². The number of hydrogen-bond acceptors (Lipinski definition) is 5. The molecule has 4 nitrogen and oxygen atoms in total. The van der Waals surface area contributed by atoms with E-state index in [2.05, 4.69) is 22.5 Å². The Morgan fingerprint density at radius 2 is 1.90 bits per heavy atom. The van der Waals surface area contributed by atoms with E-state index in [1.165, 1.54) is 51.4 Å². The predicted octanol–water partition coefficient (Wildman–Crippen LogP) is 3.57. The van der Waals surface area contributed by atoms with Gasteiger partial charge in [0.1, 0.15) is 0 Å². The summed E-state index contributed by atoms with van der Waals surface area (Å²) < 4.78 is 5.47. The minimum Gasteiger partial charge on any atom is -0.339 e. The quantitative estimate of drug-likeness (QED) is 0.870. The van der Waals surface area contributed by atoms with Crippen LogP contribution < -0.4 is 5.32 Å². The molecule has 1 aromatic heterocycles. The van der Waals surface area contributed by atoms with Crippen molar-refractivity contribution in [3.63, 3.8) is 0 Å². The average molecular weight is 309 g/mol. The van der Waals surface area contributed by atoms with E-state index < -0.39 is 0 Å². The van der Waals surface area contributed by atoms with E-state index in [1.807, 2.05) is 11.8 Å². The van der Waals surface area contributed by atoms with Crippen LogP contribution in [0.5, 0.6) is 0 Å². The largest absolute Gasteiger partial charge is 0.339 e. The first kappa shape index (κ1) is 15.3. The van der Waals surface area contributed by atoms with Gasteiger partial charge in [-0.1, -0.05) is 30.8 Å². The average Bonchev–Trinajstić information content (AvgIpc) is 3.17. The molecule has 21 heavy (non-hydrogen) atoms. The molecule has 0 amide bonds. The highest BCUT2D eigenvalue weighted by molar-refractivity contribution is 7.99. The summed E-state index contributed by atoms with van der Waals surface area (Å²) in [5.41, 5.74) is 0. The molecule has 1 heterocycles. The van der Waals surface area contributed by atoms with Crippen molar-refractivity contribution in [2.45, 2.75) is 74.8 Å². The Morgan fingerprint density at radius 1 is 1.14 bits per heavy atom. The molecule has 2 aliphatic rings. The van der Waals surface area contributed by atoms with Crippen LogP contribution in [-0.4, -0.2) is 28.5 Å². The van der Waals surface area contributed by atoms with Crippen LogP contribution in [0, 0.1) is 5.92 Å². The summed E-state index contributed by atoms with van der Waals surface area (Å²) in [5.74, 6) is 3.29. The van der Waals surface area contributed by atoms with Crippen molar-refractivity contribution in [2.24, 2.45) is 5.92 Å². The molecule has 2 fully saturated rings. The van der Waals surface area contributed by atoms with Gasteiger partial charge < -0.3 is 9.84 Å².